The van der Waals surface area contributed by atoms with Gasteiger partial charge in [-0.3, -0.25) is 0 Å². The van der Waals surface area contributed by atoms with E-state index >= 15 is 0 Å². The third-order valence-corrected chi connectivity index (χ3v) is 8.07. The Labute approximate surface area is 202 Å². The Morgan fingerprint density at radius 1 is 1.12 bits per heavy atom. The first-order valence-electron chi connectivity index (χ1n) is 12.3. The zero-order valence-corrected chi connectivity index (χ0v) is 20.5. The minimum atomic E-state index is -3.27. The maximum atomic E-state index is 12.0. The van der Waals surface area contributed by atoms with Gasteiger partial charge in [-0.05, 0) is 79.3 Å². The standard InChI is InChI=1S/C26H34N4O3S/c1-34(31,32)29-25-12-15-30(26-4-2-3-13-28-26)17-22(25)18-33-23-8-5-19(6-9-23)20-7-10-24-21(16-20)11-14-27-24/h2-4,7,10-11,13-14,16,19,22-23,25,27,29H,5-6,8-9,12,15,17-18H2,1H3/t19?,22-,23?,25-/m0/s1. The van der Waals surface area contributed by atoms with E-state index < -0.39 is 10.0 Å². The second-order valence-electron chi connectivity index (χ2n) is 9.81. The normalized spacial score (nSPS) is 26.1. The van der Waals surface area contributed by atoms with Gasteiger partial charge in [0.25, 0.3) is 0 Å². The van der Waals surface area contributed by atoms with Crippen LogP contribution < -0.4 is 9.62 Å². The average molecular weight is 483 g/mol. The van der Waals surface area contributed by atoms with E-state index in [0.29, 0.717) is 12.5 Å². The van der Waals surface area contributed by atoms with Gasteiger partial charge in [0.2, 0.25) is 10.0 Å². The van der Waals surface area contributed by atoms with Crippen molar-refractivity contribution in [2.45, 2.75) is 50.2 Å². The monoisotopic (exact) mass is 482 g/mol. The fraction of sp³-hybridized carbons (Fsp3) is 0.500. The predicted molar refractivity (Wildman–Crippen MR) is 136 cm³/mol. The number of aromatic nitrogens is 2. The van der Waals surface area contributed by atoms with Gasteiger partial charge in [0.15, 0.2) is 0 Å². The van der Waals surface area contributed by atoms with E-state index in [4.69, 9.17) is 4.74 Å². The first-order valence-corrected chi connectivity index (χ1v) is 14.2. The molecule has 3 aromatic rings. The zero-order valence-electron chi connectivity index (χ0n) is 19.7. The molecule has 1 saturated heterocycles. The van der Waals surface area contributed by atoms with E-state index in [9.17, 15) is 8.42 Å². The van der Waals surface area contributed by atoms with Crippen LogP contribution in [-0.2, 0) is 14.8 Å². The number of pyridine rings is 1. The number of nitrogens with one attached hydrogen (secondary N) is 2. The maximum absolute atomic E-state index is 12.0. The van der Waals surface area contributed by atoms with Gasteiger partial charge < -0.3 is 14.6 Å². The molecule has 34 heavy (non-hydrogen) atoms. The van der Waals surface area contributed by atoms with Crippen molar-refractivity contribution in [2.24, 2.45) is 5.92 Å². The molecule has 8 heteroatoms. The Kier molecular flexibility index (Phi) is 6.90. The molecule has 1 saturated carbocycles. The van der Waals surface area contributed by atoms with Crippen molar-refractivity contribution in [2.75, 3.05) is 30.9 Å². The van der Waals surface area contributed by atoms with Crippen molar-refractivity contribution in [1.82, 2.24) is 14.7 Å². The molecule has 0 spiro atoms. The van der Waals surface area contributed by atoms with Gasteiger partial charge in [0.1, 0.15) is 5.82 Å². The highest BCUT2D eigenvalue weighted by Gasteiger charge is 2.33. The van der Waals surface area contributed by atoms with Gasteiger partial charge in [-0.15, -0.1) is 0 Å². The molecule has 0 amide bonds. The molecule has 0 bridgehead atoms. The lowest BCUT2D eigenvalue weighted by molar-refractivity contribution is -0.00213. The smallest absolute Gasteiger partial charge is 0.208 e. The van der Waals surface area contributed by atoms with Gasteiger partial charge >= 0.3 is 0 Å². The van der Waals surface area contributed by atoms with Crippen LogP contribution in [0.3, 0.4) is 0 Å². The molecular weight excluding hydrogens is 448 g/mol. The summed E-state index contributed by atoms with van der Waals surface area (Å²) in [5.74, 6) is 1.59. The molecule has 5 rings (SSSR count). The number of fused-ring (bicyclic) bond motifs is 1. The van der Waals surface area contributed by atoms with Crippen LogP contribution >= 0.6 is 0 Å². The zero-order chi connectivity index (χ0) is 23.5. The lowest BCUT2D eigenvalue weighted by atomic mass is 9.82. The summed E-state index contributed by atoms with van der Waals surface area (Å²) in [6.45, 7) is 2.06. The van der Waals surface area contributed by atoms with Crippen LogP contribution in [0, 0.1) is 5.92 Å². The van der Waals surface area contributed by atoms with Crippen LogP contribution in [0.15, 0.2) is 54.9 Å². The van der Waals surface area contributed by atoms with Gasteiger partial charge in [-0.1, -0.05) is 12.1 Å². The van der Waals surface area contributed by atoms with Crippen molar-refractivity contribution >= 4 is 26.7 Å². The number of hydrogen-bond donors (Lipinski definition) is 2. The summed E-state index contributed by atoms with van der Waals surface area (Å²) in [6, 6.07) is 14.7. The molecule has 0 radical (unpaired) electrons. The van der Waals surface area contributed by atoms with E-state index in [0.717, 1.165) is 51.0 Å². The molecule has 1 aliphatic carbocycles. The van der Waals surface area contributed by atoms with Crippen LogP contribution in [0.25, 0.3) is 10.9 Å². The van der Waals surface area contributed by atoms with E-state index in [1.165, 1.54) is 22.7 Å². The van der Waals surface area contributed by atoms with E-state index in [1.807, 2.05) is 24.4 Å². The molecule has 2 atom stereocenters. The summed E-state index contributed by atoms with van der Waals surface area (Å²) >= 11 is 0. The summed E-state index contributed by atoms with van der Waals surface area (Å²) < 4.78 is 33.2. The quantitative estimate of drug-likeness (QED) is 0.531. The molecule has 182 valence electrons. The Hall–Kier alpha value is -2.42. The number of rotatable bonds is 7. The van der Waals surface area contributed by atoms with Gasteiger partial charge in [0, 0.05) is 43.0 Å². The average Bonchev–Trinajstić information content (AvgIpc) is 3.31. The van der Waals surface area contributed by atoms with Crippen LogP contribution in [0.1, 0.15) is 43.6 Å². The fourth-order valence-corrected chi connectivity index (χ4v) is 6.39. The Morgan fingerprint density at radius 3 is 2.74 bits per heavy atom. The van der Waals surface area contributed by atoms with Gasteiger partial charge in [0.05, 0.1) is 19.0 Å². The third-order valence-electron chi connectivity index (χ3n) is 7.34. The number of sulfonamides is 1. The third kappa shape index (κ3) is 5.62. The predicted octanol–water partition coefficient (Wildman–Crippen LogP) is 4.05. The van der Waals surface area contributed by atoms with Crippen LogP contribution in [0.4, 0.5) is 5.82 Å². The first-order chi connectivity index (χ1) is 16.4. The molecule has 3 heterocycles. The lowest BCUT2D eigenvalue weighted by Gasteiger charge is -2.40. The van der Waals surface area contributed by atoms with Crippen molar-refractivity contribution in [1.29, 1.82) is 0 Å². The molecule has 2 fully saturated rings. The molecule has 1 aromatic carbocycles. The number of H-pyrrole nitrogens is 1. The SMILES string of the molecule is CS(=O)(=O)N[C@H]1CCN(c2ccccn2)C[C@H]1COC1CCC(c2ccc3[nH]ccc3c2)CC1. The second kappa shape index (κ2) is 10.1. The molecular formula is C26H34N4O3S. The molecule has 2 aliphatic rings. The van der Waals surface area contributed by atoms with Crippen molar-refractivity contribution < 1.29 is 13.2 Å². The number of nitrogens with zero attached hydrogens (tertiary/aromatic N) is 2. The minimum Gasteiger partial charge on any atom is -0.378 e. The Bertz CT molecular complexity index is 1190. The minimum absolute atomic E-state index is 0.0826. The molecule has 2 N–H and O–H groups in total. The van der Waals surface area contributed by atoms with Crippen LogP contribution in [-0.4, -0.2) is 56.5 Å². The fourth-order valence-electron chi connectivity index (χ4n) is 5.53. The van der Waals surface area contributed by atoms with Crippen molar-refractivity contribution in [3.63, 3.8) is 0 Å². The van der Waals surface area contributed by atoms with E-state index in [-0.39, 0.29) is 18.1 Å². The lowest BCUT2D eigenvalue weighted by Crippen LogP contribution is -2.52. The van der Waals surface area contributed by atoms with Crippen LogP contribution in [0.5, 0.6) is 0 Å². The number of benzene rings is 1. The number of aromatic amines is 1. The molecule has 2 aromatic heterocycles. The molecule has 0 unspecified atom stereocenters. The van der Waals surface area contributed by atoms with Gasteiger partial charge in [-0.2, -0.15) is 0 Å². The first kappa shape index (κ1) is 23.3. The highest BCUT2D eigenvalue weighted by molar-refractivity contribution is 7.88. The van der Waals surface area contributed by atoms with E-state index in [1.54, 1.807) is 6.20 Å². The van der Waals surface area contributed by atoms with Crippen molar-refractivity contribution in [3.8, 4) is 0 Å². The Balaban J connectivity index is 1.18. The highest BCUT2D eigenvalue weighted by atomic mass is 32.2. The Morgan fingerprint density at radius 2 is 1.97 bits per heavy atom. The number of hydrogen-bond acceptors (Lipinski definition) is 5. The molecule has 7 nitrogen and oxygen atoms in total. The maximum Gasteiger partial charge on any atom is 0.208 e. The molecule has 1 aliphatic heterocycles. The number of anilines is 1. The highest BCUT2D eigenvalue weighted by Crippen LogP contribution is 2.35. The summed E-state index contributed by atoms with van der Waals surface area (Å²) in [5.41, 5.74) is 2.60. The summed E-state index contributed by atoms with van der Waals surface area (Å²) in [5, 5.41) is 1.27. The summed E-state index contributed by atoms with van der Waals surface area (Å²) in [4.78, 5) is 9.99. The number of piperidine rings is 1. The van der Waals surface area contributed by atoms with Gasteiger partial charge in [-0.25, -0.2) is 18.1 Å². The summed E-state index contributed by atoms with van der Waals surface area (Å²) in [7, 11) is -3.27. The van der Waals surface area contributed by atoms with E-state index in [2.05, 4.69) is 43.9 Å². The van der Waals surface area contributed by atoms with Crippen molar-refractivity contribution in [3.05, 3.63) is 60.4 Å². The second-order valence-corrected chi connectivity index (χ2v) is 11.6. The topological polar surface area (TPSA) is 87.3 Å². The largest absolute Gasteiger partial charge is 0.378 e. The van der Waals surface area contributed by atoms with Crippen LogP contribution in [0.2, 0.25) is 0 Å². The summed E-state index contributed by atoms with van der Waals surface area (Å²) in [6.07, 6.45) is 10.3. The number of ether oxygens (including phenoxy) is 1.